The summed E-state index contributed by atoms with van der Waals surface area (Å²) in [6.07, 6.45) is 2.09. The van der Waals surface area contributed by atoms with Gasteiger partial charge >= 0.3 is 0 Å². The lowest BCUT2D eigenvalue weighted by Gasteiger charge is -2.10. The number of carbonyl (C=O) groups is 1. The molecule has 0 bridgehead atoms. The van der Waals surface area contributed by atoms with Gasteiger partial charge in [-0.05, 0) is 37.1 Å². The van der Waals surface area contributed by atoms with Crippen LogP contribution in [-0.2, 0) is 0 Å². The number of hydrogen-bond acceptors (Lipinski definition) is 1. The summed E-state index contributed by atoms with van der Waals surface area (Å²) in [6, 6.07) is 4.39. The fourth-order valence-electron chi connectivity index (χ4n) is 1.51. The molecule has 1 N–H and O–H groups in total. The van der Waals surface area contributed by atoms with Crippen molar-refractivity contribution in [2.45, 2.75) is 31.5 Å². The van der Waals surface area contributed by atoms with Crippen LogP contribution >= 0.6 is 15.9 Å². The monoisotopic (exact) mass is 301 g/mol. The van der Waals surface area contributed by atoms with E-state index in [9.17, 15) is 9.18 Å². The Morgan fingerprint density at radius 2 is 2.24 bits per heavy atom. The van der Waals surface area contributed by atoms with E-state index in [1.54, 1.807) is 13.0 Å². The summed E-state index contributed by atoms with van der Waals surface area (Å²) in [4.78, 5) is 12.1. The number of aryl methyl sites for hydroxylation is 1. The molecule has 0 aromatic heterocycles. The first kappa shape index (κ1) is 14.2. The van der Waals surface area contributed by atoms with Crippen LogP contribution < -0.4 is 5.32 Å². The Hall–Kier alpha value is -0.900. The van der Waals surface area contributed by atoms with Crippen molar-refractivity contribution in [1.82, 2.24) is 5.32 Å². The maximum Gasteiger partial charge on any atom is 0.251 e. The predicted octanol–water partition coefficient (Wildman–Crippen LogP) is 3.43. The minimum atomic E-state index is -0.286. The minimum absolute atomic E-state index is 0.159. The molecule has 0 radical (unpaired) electrons. The van der Waals surface area contributed by atoms with Crippen molar-refractivity contribution < 1.29 is 9.18 Å². The number of nitrogens with one attached hydrogen (secondary N) is 1. The average molecular weight is 302 g/mol. The van der Waals surface area contributed by atoms with Gasteiger partial charge in [-0.2, -0.15) is 0 Å². The normalized spacial score (nSPS) is 12.2. The van der Waals surface area contributed by atoms with Crippen molar-refractivity contribution in [3.05, 3.63) is 35.1 Å². The lowest BCUT2D eigenvalue weighted by Crippen LogP contribution is -2.29. The molecule has 2 nitrogen and oxygen atoms in total. The molecule has 1 atom stereocenters. The summed E-state index contributed by atoms with van der Waals surface area (Å²) in [7, 11) is 0. The van der Waals surface area contributed by atoms with E-state index < -0.39 is 0 Å². The topological polar surface area (TPSA) is 29.1 Å². The van der Waals surface area contributed by atoms with Gasteiger partial charge in [-0.25, -0.2) is 4.39 Å². The van der Waals surface area contributed by atoms with E-state index >= 15 is 0 Å². The fraction of sp³-hybridized carbons (Fsp3) is 0.462. The number of amides is 1. The molecule has 1 rings (SSSR count). The third-order valence-corrected chi connectivity index (χ3v) is 3.29. The number of benzene rings is 1. The van der Waals surface area contributed by atoms with E-state index in [2.05, 4.69) is 28.2 Å². The second-order valence-electron chi connectivity index (χ2n) is 4.06. The Labute approximate surface area is 110 Å². The summed E-state index contributed by atoms with van der Waals surface area (Å²) in [6.45, 7) is 4.33. The van der Waals surface area contributed by atoms with Gasteiger partial charge < -0.3 is 5.32 Å². The van der Waals surface area contributed by atoms with Crippen molar-refractivity contribution in [2.24, 2.45) is 0 Å². The van der Waals surface area contributed by atoms with Crippen LogP contribution in [-0.4, -0.2) is 17.3 Å². The Morgan fingerprint density at radius 3 is 2.82 bits per heavy atom. The third kappa shape index (κ3) is 4.46. The first-order valence-corrected chi connectivity index (χ1v) is 6.64. The maximum atomic E-state index is 13.0. The molecule has 0 fully saturated rings. The van der Waals surface area contributed by atoms with Gasteiger partial charge in [0.2, 0.25) is 0 Å². The molecule has 17 heavy (non-hydrogen) atoms. The molecule has 0 aliphatic carbocycles. The highest BCUT2D eigenvalue weighted by atomic mass is 79.9. The minimum Gasteiger partial charge on any atom is -0.351 e. The van der Waals surface area contributed by atoms with Gasteiger partial charge in [-0.1, -0.05) is 29.3 Å². The second kappa shape index (κ2) is 6.74. The molecule has 1 aromatic carbocycles. The number of carbonyl (C=O) groups excluding carboxylic acids is 1. The van der Waals surface area contributed by atoms with Gasteiger partial charge in [-0.15, -0.1) is 0 Å². The molecule has 4 heteroatoms. The quantitative estimate of drug-likeness (QED) is 0.830. The van der Waals surface area contributed by atoms with Crippen LogP contribution in [0, 0.1) is 12.7 Å². The molecule has 94 valence electrons. The highest BCUT2D eigenvalue weighted by Crippen LogP contribution is 2.10. The smallest absolute Gasteiger partial charge is 0.251 e. The van der Waals surface area contributed by atoms with Crippen LogP contribution in [0.15, 0.2) is 18.2 Å². The van der Waals surface area contributed by atoms with Crippen LogP contribution in [0.2, 0.25) is 0 Å². The van der Waals surface area contributed by atoms with Crippen molar-refractivity contribution in [3.63, 3.8) is 0 Å². The summed E-state index contributed by atoms with van der Waals surface area (Å²) in [5.74, 6) is -0.445. The lowest BCUT2D eigenvalue weighted by atomic mass is 10.1. The maximum absolute atomic E-state index is 13.0. The molecule has 0 saturated heterocycles. The largest absolute Gasteiger partial charge is 0.351 e. The van der Waals surface area contributed by atoms with E-state index in [-0.39, 0.29) is 16.6 Å². The highest BCUT2D eigenvalue weighted by molar-refractivity contribution is 9.09. The van der Waals surface area contributed by atoms with Gasteiger partial charge in [0.25, 0.3) is 5.91 Å². The van der Waals surface area contributed by atoms with Crippen LogP contribution in [0.1, 0.15) is 35.7 Å². The zero-order valence-electron chi connectivity index (χ0n) is 10.1. The SMILES string of the molecule is CCCC(Br)CNC(=O)c1ccc(F)c(C)c1. The van der Waals surface area contributed by atoms with E-state index in [0.717, 1.165) is 12.8 Å². The number of halogens is 2. The van der Waals surface area contributed by atoms with Crippen LogP contribution in [0.3, 0.4) is 0 Å². The van der Waals surface area contributed by atoms with E-state index in [1.807, 2.05) is 0 Å². The third-order valence-electron chi connectivity index (χ3n) is 2.51. The molecule has 1 unspecified atom stereocenters. The number of alkyl halides is 1. The molecular formula is C13H17BrFNO. The standard InChI is InChI=1S/C13H17BrFNO/c1-3-4-11(14)8-16-13(17)10-5-6-12(15)9(2)7-10/h5-7,11H,3-4,8H2,1-2H3,(H,16,17). The Bertz CT molecular complexity index is 395. The van der Waals surface area contributed by atoms with E-state index in [0.29, 0.717) is 17.7 Å². The second-order valence-corrected chi connectivity index (χ2v) is 5.35. The Balaban J connectivity index is 2.55. The summed E-state index contributed by atoms with van der Waals surface area (Å²) >= 11 is 3.49. The predicted molar refractivity (Wildman–Crippen MR) is 71.1 cm³/mol. The first-order valence-electron chi connectivity index (χ1n) is 5.73. The molecular weight excluding hydrogens is 285 g/mol. The molecule has 0 spiro atoms. The van der Waals surface area contributed by atoms with Crippen molar-refractivity contribution >= 4 is 21.8 Å². The Kier molecular flexibility index (Phi) is 5.62. The molecule has 1 amide bonds. The first-order chi connectivity index (χ1) is 8.04. The molecule has 0 aliphatic heterocycles. The molecule has 1 aromatic rings. The number of hydrogen-bond donors (Lipinski definition) is 1. The molecule has 0 heterocycles. The van der Waals surface area contributed by atoms with E-state index in [4.69, 9.17) is 0 Å². The fourth-order valence-corrected chi connectivity index (χ4v) is 2.13. The number of rotatable bonds is 5. The van der Waals surface area contributed by atoms with Gasteiger partial charge in [0, 0.05) is 16.9 Å². The van der Waals surface area contributed by atoms with Crippen molar-refractivity contribution in [3.8, 4) is 0 Å². The summed E-state index contributed by atoms with van der Waals surface area (Å²) in [5, 5.41) is 2.82. The zero-order valence-corrected chi connectivity index (χ0v) is 11.7. The Morgan fingerprint density at radius 1 is 1.53 bits per heavy atom. The van der Waals surface area contributed by atoms with Gasteiger partial charge in [0.15, 0.2) is 0 Å². The summed E-state index contributed by atoms with van der Waals surface area (Å²) in [5.41, 5.74) is 0.988. The van der Waals surface area contributed by atoms with E-state index in [1.165, 1.54) is 12.1 Å². The van der Waals surface area contributed by atoms with Crippen molar-refractivity contribution in [2.75, 3.05) is 6.54 Å². The van der Waals surface area contributed by atoms with Gasteiger partial charge in [-0.3, -0.25) is 4.79 Å². The van der Waals surface area contributed by atoms with Crippen molar-refractivity contribution in [1.29, 1.82) is 0 Å². The van der Waals surface area contributed by atoms with Crippen LogP contribution in [0.4, 0.5) is 4.39 Å². The average Bonchev–Trinajstić information content (AvgIpc) is 2.30. The zero-order chi connectivity index (χ0) is 12.8. The molecule has 0 aliphatic rings. The lowest BCUT2D eigenvalue weighted by molar-refractivity contribution is 0.0953. The van der Waals surface area contributed by atoms with Crippen LogP contribution in [0.5, 0.6) is 0 Å². The molecule has 0 saturated carbocycles. The van der Waals surface area contributed by atoms with Gasteiger partial charge in [0.1, 0.15) is 5.82 Å². The van der Waals surface area contributed by atoms with Gasteiger partial charge in [0.05, 0.1) is 0 Å². The van der Waals surface area contributed by atoms with Crippen LogP contribution in [0.25, 0.3) is 0 Å². The highest BCUT2D eigenvalue weighted by Gasteiger charge is 2.09. The summed E-state index contributed by atoms with van der Waals surface area (Å²) < 4.78 is 13.0.